The zero-order chi connectivity index (χ0) is 16.4. The van der Waals surface area contributed by atoms with Gasteiger partial charge in [-0.05, 0) is 24.3 Å². The number of fused-ring (bicyclic) bond motifs is 2. The molecule has 118 valence electrons. The van der Waals surface area contributed by atoms with Gasteiger partial charge in [-0.25, -0.2) is 0 Å². The molecule has 0 fully saturated rings. The van der Waals surface area contributed by atoms with Crippen LogP contribution in [-0.2, 0) is 9.53 Å². The molecule has 0 bridgehead atoms. The van der Waals surface area contributed by atoms with E-state index in [2.05, 4.69) is 4.74 Å². The molecule has 0 radical (unpaired) electrons. The number of esters is 1. The zero-order valence-electron chi connectivity index (χ0n) is 12.7. The molecule has 0 atom stereocenters. The number of nitrogens with zero attached hydrogens (tertiary/aromatic N) is 1. The Bertz CT molecular complexity index is 771. The molecule has 0 spiro atoms. The molecule has 3 rings (SSSR count). The van der Waals surface area contributed by atoms with E-state index < -0.39 is 5.97 Å². The molecule has 23 heavy (non-hydrogen) atoms. The lowest BCUT2D eigenvalue weighted by Gasteiger charge is -2.20. The number of anilines is 1. The van der Waals surface area contributed by atoms with E-state index in [1.54, 1.807) is 42.5 Å². The largest absolute Gasteiger partial charge is 0.497 e. The summed E-state index contributed by atoms with van der Waals surface area (Å²) in [5.74, 6) is 0.601. The van der Waals surface area contributed by atoms with Crippen LogP contribution in [0.2, 0.25) is 0 Å². The Morgan fingerprint density at radius 3 is 2.65 bits per heavy atom. The van der Waals surface area contributed by atoms with Gasteiger partial charge in [0.05, 0.1) is 25.5 Å². The van der Waals surface area contributed by atoms with Gasteiger partial charge in [0.15, 0.2) is 5.75 Å². The molecule has 6 heteroatoms. The fourth-order valence-corrected chi connectivity index (χ4v) is 2.38. The van der Waals surface area contributed by atoms with Gasteiger partial charge >= 0.3 is 5.97 Å². The number of ether oxygens (including phenoxy) is 3. The van der Waals surface area contributed by atoms with Crippen molar-refractivity contribution in [3.8, 4) is 17.2 Å². The smallest absolute Gasteiger partial charge is 0.325 e. The van der Waals surface area contributed by atoms with Crippen molar-refractivity contribution in [2.24, 2.45) is 0 Å². The van der Waals surface area contributed by atoms with E-state index in [4.69, 9.17) is 9.47 Å². The topological polar surface area (TPSA) is 65.1 Å². The predicted octanol–water partition coefficient (Wildman–Crippen LogP) is 2.62. The molecular weight excluding hydrogens is 298 g/mol. The van der Waals surface area contributed by atoms with Crippen LogP contribution >= 0.6 is 0 Å². The molecule has 6 nitrogen and oxygen atoms in total. The van der Waals surface area contributed by atoms with Crippen molar-refractivity contribution in [2.45, 2.75) is 0 Å². The Labute approximate surface area is 133 Å². The Balaban J connectivity index is 2.13. The number of benzene rings is 2. The number of amides is 1. The second-order valence-corrected chi connectivity index (χ2v) is 4.90. The summed E-state index contributed by atoms with van der Waals surface area (Å²) in [4.78, 5) is 25.9. The number of carbonyl (C=O) groups is 2. The number of para-hydroxylation sites is 2. The summed E-state index contributed by atoms with van der Waals surface area (Å²) in [7, 11) is 2.82. The van der Waals surface area contributed by atoms with Crippen LogP contribution < -0.4 is 14.4 Å². The van der Waals surface area contributed by atoms with Crippen LogP contribution in [0.1, 0.15) is 10.4 Å². The first kappa shape index (κ1) is 14.9. The maximum absolute atomic E-state index is 12.8. The first-order valence-electron chi connectivity index (χ1n) is 6.97. The number of carbonyl (C=O) groups excluding carboxylic acids is 2. The highest BCUT2D eigenvalue weighted by molar-refractivity contribution is 6.11. The van der Waals surface area contributed by atoms with E-state index in [9.17, 15) is 9.59 Å². The summed E-state index contributed by atoms with van der Waals surface area (Å²) in [6, 6.07) is 12.0. The minimum absolute atomic E-state index is 0.193. The Kier molecular flexibility index (Phi) is 3.89. The van der Waals surface area contributed by atoms with Crippen molar-refractivity contribution < 1.29 is 23.8 Å². The molecule has 2 aromatic rings. The van der Waals surface area contributed by atoms with E-state index in [0.717, 1.165) is 0 Å². The van der Waals surface area contributed by atoms with Gasteiger partial charge < -0.3 is 14.2 Å². The number of rotatable bonds is 3. The second kappa shape index (κ2) is 6.00. The van der Waals surface area contributed by atoms with Gasteiger partial charge in [-0.15, -0.1) is 0 Å². The van der Waals surface area contributed by atoms with Crippen LogP contribution in [0.5, 0.6) is 17.2 Å². The third-order valence-electron chi connectivity index (χ3n) is 3.56. The van der Waals surface area contributed by atoms with Crippen LogP contribution in [0.3, 0.4) is 0 Å². The molecule has 0 saturated heterocycles. The SMILES string of the molecule is COC(=O)CN1C(=O)c2ccc(OC)cc2Oc2ccccc21. The lowest BCUT2D eigenvalue weighted by Crippen LogP contribution is -2.35. The molecule has 1 aliphatic rings. The van der Waals surface area contributed by atoms with Crippen molar-refractivity contribution in [2.75, 3.05) is 25.7 Å². The maximum atomic E-state index is 12.8. The first-order chi connectivity index (χ1) is 11.1. The van der Waals surface area contributed by atoms with E-state index in [0.29, 0.717) is 28.5 Å². The Hall–Kier alpha value is -3.02. The minimum atomic E-state index is -0.509. The van der Waals surface area contributed by atoms with Gasteiger partial charge in [-0.3, -0.25) is 14.5 Å². The summed E-state index contributed by atoms with van der Waals surface area (Å²) in [5, 5.41) is 0. The van der Waals surface area contributed by atoms with E-state index >= 15 is 0 Å². The fourth-order valence-electron chi connectivity index (χ4n) is 2.38. The third kappa shape index (κ3) is 2.70. The van der Waals surface area contributed by atoms with E-state index in [1.165, 1.54) is 19.1 Å². The molecule has 1 aliphatic heterocycles. The standard InChI is InChI=1S/C17H15NO5/c1-21-11-7-8-12-15(9-11)23-14-6-4-3-5-13(14)18(17(12)20)10-16(19)22-2/h3-9H,10H2,1-2H3. The normalized spacial score (nSPS) is 12.6. The van der Waals surface area contributed by atoms with E-state index in [-0.39, 0.29) is 12.5 Å². The van der Waals surface area contributed by atoms with Gasteiger partial charge in [0.1, 0.15) is 18.0 Å². The van der Waals surface area contributed by atoms with Crippen LogP contribution in [0.4, 0.5) is 5.69 Å². The fraction of sp³-hybridized carbons (Fsp3) is 0.176. The summed E-state index contributed by atoms with van der Waals surface area (Å²) >= 11 is 0. The Morgan fingerprint density at radius 1 is 1.13 bits per heavy atom. The molecule has 0 N–H and O–H groups in total. The van der Waals surface area contributed by atoms with Crippen LogP contribution in [0, 0.1) is 0 Å². The van der Waals surface area contributed by atoms with Crippen molar-refractivity contribution in [1.82, 2.24) is 0 Å². The summed E-state index contributed by atoms with van der Waals surface area (Å²) < 4.78 is 15.7. The molecule has 0 aliphatic carbocycles. The molecule has 0 aromatic heterocycles. The van der Waals surface area contributed by atoms with Gasteiger partial charge in [0.25, 0.3) is 5.91 Å². The molecular formula is C17H15NO5. The highest BCUT2D eigenvalue weighted by atomic mass is 16.5. The average Bonchev–Trinajstić information content (AvgIpc) is 2.69. The zero-order valence-corrected chi connectivity index (χ0v) is 12.7. The van der Waals surface area contributed by atoms with Crippen LogP contribution in [-0.4, -0.2) is 32.6 Å². The third-order valence-corrected chi connectivity index (χ3v) is 3.56. The molecule has 2 aromatic carbocycles. The van der Waals surface area contributed by atoms with Crippen molar-refractivity contribution in [1.29, 1.82) is 0 Å². The lowest BCUT2D eigenvalue weighted by atomic mass is 10.1. The van der Waals surface area contributed by atoms with Gasteiger partial charge in [-0.2, -0.15) is 0 Å². The highest BCUT2D eigenvalue weighted by Crippen LogP contribution is 2.39. The van der Waals surface area contributed by atoms with Crippen LogP contribution in [0.25, 0.3) is 0 Å². The maximum Gasteiger partial charge on any atom is 0.325 e. The number of methoxy groups -OCH3 is 2. The second-order valence-electron chi connectivity index (χ2n) is 4.90. The molecule has 0 unspecified atom stereocenters. The Morgan fingerprint density at radius 2 is 1.91 bits per heavy atom. The quantitative estimate of drug-likeness (QED) is 0.815. The van der Waals surface area contributed by atoms with Crippen molar-refractivity contribution >= 4 is 17.6 Å². The van der Waals surface area contributed by atoms with E-state index in [1.807, 2.05) is 0 Å². The number of hydrogen-bond acceptors (Lipinski definition) is 5. The van der Waals surface area contributed by atoms with Gasteiger partial charge in [0.2, 0.25) is 0 Å². The van der Waals surface area contributed by atoms with Crippen molar-refractivity contribution in [3.63, 3.8) is 0 Å². The molecule has 1 heterocycles. The van der Waals surface area contributed by atoms with Gasteiger partial charge in [0, 0.05) is 6.07 Å². The van der Waals surface area contributed by atoms with Gasteiger partial charge in [-0.1, -0.05) is 12.1 Å². The summed E-state index contributed by atoms with van der Waals surface area (Å²) in [5.41, 5.74) is 0.865. The summed E-state index contributed by atoms with van der Waals surface area (Å²) in [6.07, 6.45) is 0. The number of hydrogen-bond donors (Lipinski definition) is 0. The lowest BCUT2D eigenvalue weighted by molar-refractivity contribution is -0.138. The monoisotopic (exact) mass is 313 g/mol. The average molecular weight is 313 g/mol. The summed E-state index contributed by atoms with van der Waals surface area (Å²) in [6.45, 7) is -0.193. The predicted molar refractivity (Wildman–Crippen MR) is 83.2 cm³/mol. The molecule has 1 amide bonds. The minimum Gasteiger partial charge on any atom is -0.497 e. The van der Waals surface area contributed by atoms with Crippen molar-refractivity contribution in [3.05, 3.63) is 48.0 Å². The first-order valence-corrected chi connectivity index (χ1v) is 6.97. The van der Waals surface area contributed by atoms with Crippen LogP contribution in [0.15, 0.2) is 42.5 Å². The highest BCUT2D eigenvalue weighted by Gasteiger charge is 2.30. The molecule has 0 saturated carbocycles.